The molecular weight excluding hydrogens is 119 g/mol. The van der Waals surface area contributed by atoms with Crippen molar-refractivity contribution in [3.8, 4) is 0 Å². The van der Waals surface area contributed by atoms with Crippen molar-refractivity contribution < 1.29 is 10.0 Å². The summed E-state index contributed by atoms with van der Waals surface area (Å²) in [4.78, 5) is 4.16. The van der Waals surface area contributed by atoms with Gasteiger partial charge in [-0.3, -0.25) is 0 Å². The van der Waals surface area contributed by atoms with E-state index < -0.39 is 5.56 Å². The quantitative estimate of drug-likeness (QED) is 0.343. The SMILES string of the molecule is CC(Cl)O/N=N\O. The van der Waals surface area contributed by atoms with Crippen molar-refractivity contribution in [2.75, 3.05) is 0 Å². The first kappa shape index (κ1) is 6.49. The Morgan fingerprint density at radius 1 is 1.86 bits per heavy atom. The predicted molar refractivity (Wildman–Crippen MR) is 23.0 cm³/mol. The average Bonchev–Trinajstić information content (AvgIpc) is 1.61. The molecule has 5 heteroatoms. The Balaban J connectivity index is 2.97. The molecule has 42 valence electrons. The number of hydrogen-bond donors (Lipinski definition) is 1. The molecule has 1 N–H and O–H groups in total. The fourth-order valence-electron chi connectivity index (χ4n) is 0.0860. The topological polar surface area (TPSA) is 54.2 Å². The van der Waals surface area contributed by atoms with Gasteiger partial charge in [0.25, 0.3) is 0 Å². The molecule has 0 bridgehead atoms. The number of halogens is 1. The highest BCUT2D eigenvalue weighted by atomic mass is 35.5. The Morgan fingerprint density at radius 2 is 2.43 bits per heavy atom. The molecule has 0 aliphatic carbocycles. The Hall–Kier alpha value is -0.510. The largest absolute Gasteiger partial charge is 0.392 e. The van der Waals surface area contributed by atoms with E-state index in [4.69, 9.17) is 16.8 Å². The molecule has 0 heterocycles. The normalized spacial score (nSPS) is 14.6. The summed E-state index contributed by atoms with van der Waals surface area (Å²) >= 11 is 5.17. The van der Waals surface area contributed by atoms with Gasteiger partial charge in [-0.1, -0.05) is 11.6 Å². The molecular formula is C2H5ClN2O2. The number of nitrogens with zero attached hydrogens (tertiary/aromatic N) is 2. The molecule has 0 aliphatic rings. The summed E-state index contributed by atoms with van der Waals surface area (Å²) in [5, 5.41) is 12.6. The van der Waals surface area contributed by atoms with Crippen LogP contribution >= 0.6 is 11.6 Å². The van der Waals surface area contributed by atoms with Gasteiger partial charge in [-0.25, -0.2) is 0 Å². The van der Waals surface area contributed by atoms with Crippen LogP contribution in [0.25, 0.3) is 0 Å². The zero-order valence-corrected chi connectivity index (χ0v) is 4.46. The molecule has 0 fully saturated rings. The second-order valence-corrected chi connectivity index (χ2v) is 1.43. The maximum atomic E-state index is 7.59. The molecule has 1 unspecified atom stereocenters. The van der Waals surface area contributed by atoms with Crippen LogP contribution in [0.15, 0.2) is 10.6 Å². The van der Waals surface area contributed by atoms with Gasteiger partial charge >= 0.3 is 0 Å². The van der Waals surface area contributed by atoms with Gasteiger partial charge in [0.2, 0.25) is 0 Å². The highest BCUT2D eigenvalue weighted by Gasteiger charge is 1.88. The molecule has 7 heavy (non-hydrogen) atoms. The summed E-state index contributed by atoms with van der Waals surface area (Å²) in [5.74, 6) is 0. The number of alkyl halides is 1. The van der Waals surface area contributed by atoms with Crippen LogP contribution in [0.1, 0.15) is 6.92 Å². The van der Waals surface area contributed by atoms with E-state index in [1.54, 1.807) is 6.92 Å². The van der Waals surface area contributed by atoms with E-state index in [1.165, 1.54) is 0 Å². The second-order valence-electron chi connectivity index (χ2n) is 0.820. The highest BCUT2D eigenvalue weighted by molar-refractivity contribution is 6.19. The van der Waals surface area contributed by atoms with E-state index >= 15 is 0 Å². The van der Waals surface area contributed by atoms with Crippen LogP contribution in [0, 0.1) is 0 Å². The lowest BCUT2D eigenvalue weighted by molar-refractivity contribution is 0.0704. The molecule has 4 nitrogen and oxygen atoms in total. The third-order valence-corrected chi connectivity index (χ3v) is 0.309. The molecule has 0 aromatic carbocycles. The summed E-state index contributed by atoms with van der Waals surface area (Å²) < 4.78 is 0. The Labute approximate surface area is 45.7 Å². The summed E-state index contributed by atoms with van der Waals surface area (Å²) in [5.41, 5.74) is -0.545. The average molecular weight is 125 g/mol. The lowest BCUT2D eigenvalue weighted by Crippen LogP contribution is -1.89. The standard InChI is InChI=1S/C2H5ClN2O2/c1-2(3)7-5-4-6/h2H,1H3,(H,5,6). The summed E-state index contributed by atoms with van der Waals surface area (Å²) in [6, 6.07) is 0. The van der Waals surface area contributed by atoms with Crippen molar-refractivity contribution in [3.63, 3.8) is 0 Å². The van der Waals surface area contributed by atoms with E-state index in [0.717, 1.165) is 0 Å². The number of rotatable bonds is 2. The minimum atomic E-state index is -0.545. The van der Waals surface area contributed by atoms with Gasteiger partial charge in [0.1, 0.15) is 0 Å². The smallest absolute Gasteiger partial charge is 0.199 e. The fraction of sp³-hybridized carbons (Fsp3) is 1.00. The van der Waals surface area contributed by atoms with Crippen LogP contribution in [-0.2, 0) is 4.84 Å². The van der Waals surface area contributed by atoms with E-state index in [9.17, 15) is 0 Å². The van der Waals surface area contributed by atoms with Gasteiger partial charge in [-0.05, 0) is 6.92 Å². The lowest BCUT2D eigenvalue weighted by atomic mass is 10.9. The van der Waals surface area contributed by atoms with Gasteiger partial charge in [0.15, 0.2) is 5.56 Å². The zero-order valence-electron chi connectivity index (χ0n) is 3.71. The van der Waals surface area contributed by atoms with Crippen molar-refractivity contribution in [2.24, 2.45) is 10.6 Å². The zero-order chi connectivity index (χ0) is 5.70. The van der Waals surface area contributed by atoms with Crippen LogP contribution in [0.5, 0.6) is 0 Å². The van der Waals surface area contributed by atoms with Crippen LogP contribution < -0.4 is 0 Å². The first-order chi connectivity index (χ1) is 3.27. The molecule has 0 radical (unpaired) electrons. The predicted octanol–water partition coefficient (Wildman–Crippen LogP) is 1.34. The van der Waals surface area contributed by atoms with E-state index in [2.05, 4.69) is 15.4 Å². The maximum absolute atomic E-state index is 7.59. The van der Waals surface area contributed by atoms with Gasteiger partial charge in [0, 0.05) is 0 Å². The Bertz CT molecular complexity index is 64.7. The van der Waals surface area contributed by atoms with Crippen LogP contribution in [0.3, 0.4) is 0 Å². The molecule has 1 atom stereocenters. The van der Waals surface area contributed by atoms with Crippen molar-refractivity contribution in [1.82, 2.24) is 0 Å². The van der Waals surface area contributed by atoms with Crippen LogP contribution in [0.4, 0.5) is 0 Å². The summed E-state index contributed by atoms with van der Waals surface area (Å²) in [6.07, 6.45) is 0. The highest BCUT2D eigenvalue weighted by Crippen LogP contribution is 1.94. The monoisotopic (exact) mass is 124 g/mol. The summed E-state index contributed by atoms with van der Waals surface area (Å²) in [7, 11) is 0. The van der Waals surface area contributed by atoms with Gasteiger partial charge in [-0.15, -0.1) is 0 Å². The maximum Gasteiger partial charge on any atom is 0.199 e. The first-order valence-corrected chi connectivity index (χ1v) is 2.05. The van der Waals surface area contributed by atoms with E-state index in [0.29, 0.717) is 0 Å². The van der Waals surface area contributed by atoms with Crippen molar-refractivity contribution in [3.05, 3.63) is 0 Å². The molecule has 0 aliphatic heterocycles. The first-order valence-electron chi connectivity index (χ1n) is 1.61. The second kappa shape index (κ2) is 3.67. The lowest BCUT2D eigenvalue weighted by Gasteiger charge is -1.92. The van der Waals surface area contributed by atoms with Crippen molar-refractivity contribution >= 4 is 11.6 Å². The van der Waals surface area contributed by atoms with Gasteiger partial charge in [-0.2, -0.15) is 0 Å². The van der Waals surface area contributed by atoms with E-state index in [1.807, 2.05) is 0 Å². The molecule has 0 rings (SSSR count). The third-order valence-electron chi connectivity index (χ3n) is 0.229. The van der Waals surface area contributed by atoms with Gasteiger partial charge in [0.05, 0.1) is 10.6 Å². The number of hydrogen-bond acceptors (Lipinski definition) is 3. The Morgan fingerprint density at radius 3 is 2.57 bits per heavy atom. The minimum absolute atomic E-state index is 0.545. The molecule has 0 aromatic heterocycles. The van der Waals surface area contributed by atoms with E-state index in [-0.39, 0.29) is 0 Å². The van der Waals surface area contributed by atoms with Crippen molar-refractivity contribution in [1.29, 1.82) is 0 Å². The molecule has 0 spiro atoms. The van der Waals surface area contributed by atoms with Crippen LogP contribution in [-0.4, -0.2) is 10.8 Å². The minimum Gasteiger partial charge on any atom is -0.392 e. The molecule has 0 saturated heterocycles. The third kappa shape index (κ3) is 5.49. The van der Waals surface area contributed by atoms with Crippen molar-refractivity contribution in [2.45, 2.75) is 12.5 Å². The molecule has 0 saturated carbocycles. The molecule has 0 amide bonds. The fourth-order valence-corrected chi connectivity index (χ4v) is 0.122. The van der Waals surface area contributed by atoms with Gasteiger partial charge < -0.3 is 10.0 Å². The Kier molecular flexibility index (Phi) is 3.40. The molecule has 0 aromatic rings. The summed E-state index contributed by atoms with van der Waals surface area (Å²) in [6.45, 7) is 1.55. The van der Waals surface area contributed by atoms with Crippen LogP contribution in [0.2, 0.25) is 0 Å².